The van der Waals surface area contributed by atoms with Gasteiger partial charge in [0.15, 0.2) is 0 Å². The summed E-state index contributed by atoms with van der Waals surface area (Å²) in [6.45, 7) is 14.3. The molecule has 0 aromatic carbocycles. The Morgan fingerprint density at radius 2 is 2.00 bits per heavy atom. The van der Waals surface area contributed by atoms with E-state index >= 15 is 0 Å². The van der Waals surface area contributed by atoms with Gasteiger partial charge in [-0.05, 0) is 64.2 Å². The quantitative estimate of drug-likeness (QED) is 0.725. The van der Waals surface area contributed by atoms with Crippen LogP contribution in [-0.2, 0) is 0 Å². The lowest BCUT2D eigenvalue weighted by Crippen LogP contribution is -2.36. The average molecular weight is 226 g/mol. The molecule has 1 aliphatic rings. The number of nitrogens with zero attached hydrogens (tertiary/aromatic N) is 1. The van der Waals surface area contributed by atoms with E-state index in [2.05, 4.69) is 37.9 Å². The van der Waals surface area contributed by atoms with Crippen LogP contribution in [0.2, 0.25) is 0 Å². The molecule has 96 valence electrons. The third-order valence-corrected chi connectivity index (χ3v) is 3.99. The second kappa shape index (κ2) is 6.61. The van der Waals surface area contributed by atoms with Crippen molar-refractivity contribution in [3.63, 3.8) is 0 Å². The zero-order valence-corrected chi connectivity index (χ0v) is 11.7. The van der Waals surface area contributed by atoms with Crippen molar-refractivity contribution in [2.24, 2.45) is 5.41 Å². The van der Waals surface area contributed by atoms with Crippen molar-refractivity contribution in [2.75, 3.05) is 26.2 Å². The van der Waals surface area contributed by atoms with Crippen LogP contribution in [0.5, 0.6) is 0 Å². The standard InChI is InChI=1S/C14H30N2/c1-5-15-10-7-13(2)16-11-6-8-14(3,4)9-12-16/h13,15H,5-12H2,1-4H3. The lowest BCUT2D eigenvalue weighted by molar-refractivity contribution is 0.197. The van der Waals surface area contributed by atoms with E-state index in [0.717, 1.165) is 19.1 Å². The van der Waals surface area contributed by atoms with Crippen LogP contribution in [0.25, 0.3) is 0 Å². The van der Waals surface area contributed by atoms with Gasteiger partial charge in [-0.3, -0.25) is 0 Å². The number of rotatable bonds is 5. The van der Waals surface area contributed by atoms with E-state index < -0.39 is 0 Å². The van der Waals surface area contributed by atoms with Crippen LogP contribution < -0.4 is 5.32 Å². The molecule has 1 unspecified atom stereocenters. The van der Waals surface area contributed by atoms with Crippen LogP contribution in [0.15, 0.2) is 0 Å². The molecule has 1 fully saturated rings. The van der Waals surface area contributed by atoms with Gasteiger partial charge >= 0.3 is 0 Å². The minimum atomic E-state index is 0.566. The molecule has 16 heavy (non-hydrogen) atoms. The van der Waals surface area contributed by atoms with Gasteiger partial charge < -0.3 is 10.2 Å². The van der Waals surface area contributed by atoms with Gasteiger partial charge in [-0.1, -0.05) is 20.8 Å². The molecule has 2 nitrogen and oxygen atoms in total. The predicted octanol–water partition coefficient (Wildman–Crippen LogP) is 2.89. The van der Waals surface area contributed by atoms with E-state index in [9.17, 15) is 0 Å². The van der Waals surface area contributed by atoms with Crippen LogP contribution in [0, 0.1) is 5.41 Å². The van der Waals surface area contributed by atoms with Crippen molar-refractivity contribution in [3.05, 3.63) is 0 Å². The monoisotopic (exact) mass is 226 g/mol. The predicted molar refractivity (Wildman–Crippen MR) is 71.8 cm³/mol. The molecule has 2 heteroatoms. The summed E-state index contributed by atoms with van der Waals surface area (Å²) in [7, 11) is 0. The average Bonchev–Trinajstić information content (AvgIpc) is 2.39. The number of nitrogens with one attached hydrogen (secondary N) is 1. The maximum atomic E-state index is 3.42. The molecule has 0 aliphatic carbocycles. The summed E-state index contributed by atoms with van der Waals surface area (Å²) in [5, 5.41) is 3.42. The van der Waals surface area contributed by atoms with Crippen LogP contribution in [0.4, 0.5) is 0 Å². The lowest BCUT2D eigenvalue weighted by Gasteiger charge is -2.28. The molecule has 0 radical (unpaired) electrons. The van der Waals surface area contributed by atoms with E-state index in [1.165, 1.54) is 38.8 Å². The Morgan fingerprint density at radius 1 is 1.25 bits per heavy atom. The summed E-state index contributed by atoms with van der Waals surface area (Å²) in [6.07, 6.45) is 5.41. The highest BCUT2D eigenvalue weighted by Gasteiger charge is 2.24. The van der Waals surface area contributed by atoms with Gasteiger partial charge in [0, 0.05) is 6.04 Å². The van der Waals surface area contributed by atoms with Gasteiger partial charge in [0.25, 0.3) is 0 Å². The highest BCUT2D eigenvalue weighted by atomic mass is 15.2. The Hall–Kier alpha value is -0.0800. The van der Waals surface area contributed by atoms with Gasteiger partial charge in [-0.2, -0.15) is 0 Å². The van der Waals surface area contributed by atoms with Crippen LogP contribution >= 0.6 is 0 Å². The topological polar surface area (TPSA) is 15.3 Å². The fourth-order valence-corrected chi connectivity index (χ4v) is 2.55. The zero-order valence-electron chi connectivity index (χ0n) is 11.7. The molecule has 1 saturated heterocycles. The summed E-state index contributed by atoms with van der Waals surface area (Å²) in [4.78, 5) is 2.69. The zero-order chi connectivity index (χ0) is 12.0. The molecule has 1 N–H and O–H groups in total. The molecule has 1 rings (SSSR count). The van der Waals surface area contributed by atoms with Crippen molar-refractivity contribution in [3.8, 4) is 0 Å². The van der Waals surface area contributed by atoms with Gasteiger partial charge in [0.1, 0.15) is 0 Å². The van der Waals surface area contributed by atoms with Gasteiger partial charge in [0.05, 0.1) is 0 Å². The fourth-order valence-electron chi connectivity index (χ4n) is 2.55. The van der Waals surface area contributed by atoms with Crippen LogP contribution in [-0.4, -0.2) is 37.1 Å². The number of hydrogen-bond acceptors (Lipinski definition) is 2. The molecular weight excluding hydrogens is 196 g/mol. The second-order valence-corrected chi connectivity index (χ2v) is 6.04. The molecule has 0 bridgehead atoms. The van der Waals surface area contributed by atoms with Gasteiger partial charge in [0.2, 0.25) is 0 Å². The first-order chi connectivity index (χ1) is 7.55. The largest absolute Gasteiger partial charge is 0.317 e. The molecule has 1 aliphatic heterocycles. The lowest BCUT2D eigenvalue weighted by atomic mass is 9.85. The Morgan fingerprint density at radius 3 is 2.69 bits per heavy atom. The van der Waals surface area contributed by atoms with E-state index in [4.69, 9.17) is 0 Å². The molecule has 1 atom stereocenters. The highest BCUT2D eigenvalue weighted by molar-refractivity contribution is 4.79. The third-order valence-electron chi connectivity index (χ3n) is 3.99. The summed E-state index contributed by atoms with van der Waals surface area (Å²) in [5.74, 6) is 0. The second-order valence-electron chi connectivity index (χ2n) is 6.04. The summed E-state index contributed by atoms with van der Waals surface area (Å²) >= 11 is 0. The van der Waals surface area contributed by atoms with Gasteiger partial charge in [-0.25, -0.2) is 0 Å². The number of likely N-dealkylation sites (tertiary alicyclic amines) is 1. The fraction of sp³-hybridized carbons (Fsp3) is 1.00. The van der Waals surface area contributed by atoms with Crippen molar-refractivity contribution in [2.45, 2.75) is 59.4 Å². The minimum Gasteiger partial charge on any atom is -0.317 e. The normalized spacial score (nSPS) is 24.0. The first-order valence-corrected chi connectivity index (χ1v) is 7.00. The van der Waals surface area contributed by atoms with E-state index in [1.807, 2.05) is 0 Å². The Bertz CT molecular complexity index is 189. The Labute approximate surface area is 102 Å². The Balaban J connectivity index is 2.30. The van der Waals surface area contributed by atoms with Crippen molar-refractivity contribution >= 4 is 0 Å². The van der Waals surface area contributed by atoms with Gasteiger partial charge in [-0.15, -0.1) is 0 Å². The highest BCUT2D eigenvalue weighted by Crippen LogP contribution is 2.30. The molecule has 0 aromatic heterocycles. The van der Waals surface area contributed by atoms with Crippen LogP contribution in [0.3, 0.4) is 0 Å². The molecule has 0 amide bonds. The van der Waals surface area contributed by atoms with Crippen molar-refractivity contribution in [1.82, 2.24) is 10.2 Å². The first-order valence-electron chi connectivity index (χ1n) is 7.00. The summed E-state index contributed by atoms with van der Waals surface area (Å²) < 4.78 is 0. The molecular formula is C14H30N2. The first kappa shape index (κ1) is 14.0. The Kier molecular flexibility index (Phi) is 5.77. The van der Waals surface area contributed by atoms with Crippen LogP contribution in [0.1, 0.15) is 53.4 Å². The van der Waals surface area contributed by atoms with Crippen molar-refractivity contribution < 1.29 is 0 Å². The summed E-state index contributed by atoms with van der Waals surface area (Å²) in [5.41, 5.74) is 0.566. The molecule has 1 heterocycles. The molecule has 0 spiro atoms. The SMILES string of the molecule is CCNCCC(C)N1CCCC(C)(C)CC1. The molecule has 0 aromatic rings. The maximum Gasteiger partial charge on any atom is 0.00790 e. The van der Waals surface area contributed by atoms with E-state index in [0.29, 0.717) is 5.41 Å². The molecule has 0 saturated carbocycles. The smallest absolute Gasteiger partial charge is 0.00790 e. The minimum absolute atomic E-state index is 0.566. The van der Waals surface area contributed by atoms with Crippen molar-refractivity contribution in [1.29, 1.82) is 0 Å². The summed E-state index contributed by atoms with van der Waals surface area (Å²) in [6, 6.07) is 0.743. The van der Waals surface area contributed by atoms with E-state index in [-0.39, 0.29) is 0 Å². The number of hydrogen-bond donors (Lipinski definition) is 1. The van der Waals surface area contributed by atoms with E-state index in [1.54, 1.807) is 0 Å². The maximum absolute atomic E-state index is 3.42. The third kappa shape index (κ3) is 4.84.